The van der Waals surface area contributed by atoms with E-state index in [1.807, 2.05) is 0 Å². The molecule has 0 bridgehead atoms. The smallest absolute Gasteiger partial charge is 0.0102 e. The van der Waals surface area contributed by atoms with Gasteiger partial charge < -0.3 is 0 Å². The first kappa shape index (κ1) is 19.7. The highest BCUT2D eigenvalue weighted by molar-refractivity contribution is 5.90. The Kier molecular flexibility index (Phi) is 8.57. The standard InChI is InChI=1S/C24H30/c1-7-13-19-20(14-8-2)22(16-10-4)24(18-12-6)23(17-11-5)21(19)15-9-3/h7-18H,1-6H3/b13-7-,14-8-,15-9-,16-10-,17-11-,18-12-. The maximum absolute atomic E-state index is 2.21. The summed E-state index contributed by atoms with van der Waals surface area (Å²) in [5, 5.41) is 0. The van der Waals surface area contributed by atoms with Gasteiger partial charge in [-0.1, -0.05) is 72.9 Å². The zero-order valence-corrected chi connectivity index (χ0v) is 15.9. The molecule has 0 fully saturated rings. The van der Waals surface area contributed by atoms with Crippen molar-refractivity contribution in [1.82, 2.24) is 0 Å². The Hall–Kier alpha value is -2.34. The lowest BCUT2D eigenvalue weighted by Gasteiger charge is -2.19. The van der Waals surface area contributed by atoms with E-state index in [0.717, 1.165) is 0 Å². The van der Waals surface area contributed by atoms with Crippen LogP contribution in [-0.4, -0.2) is 0 Å². The first-order chi connectivity index (χ1) is 11.7. The van der Waals surface area contributed by atoms with Crippen LogP contribution in [0.4, 0.5) is 0 Å². The predicted octanol–water partition coefficient (Wildman–Crippen LogP) is 7.89. The van der Waals surface area contributed by atoms with Crippen LogP contribution in [0, 0.1) is 0 Å². The van der Waals surface area contributed by atoms with Crippen molar-refractivity contribution < 1.29 is 0 Å². The number of hydrogen-bond acceptors (Lipinski definition) is 0. The van der Waals surface area contributed by atoms with E-state index in [9.17, 15) is 0 Å². The van der Waals surface area contributed by atoms with Crippen molar-refractivity contribution in [1.29, 1.82) is 0 Å². The van der Waals surface area contributed by atoms with E-state index in [-0.39, 0.29) is 0 Å². The van der Waals surface area contributed by atoms with Crippen molar-refractivity contribution >= 4 is 36.5 Å². The van der Waals surface area contributed by atoms with Gasteiger partial charge in [0.2, 0.25) is 0 Å². The van der Waals surface area contributed by atoms with Crippen molar-refractivity contribution in [3.8, 4) is 0 Å². The van der Waals surface area contributed by atoms with Gasteiger partial charge in [-0.25, -0.2) is 0 Å². The fraction of sp³-hybridized carbons (Fsp3) is 0.250. The van der Waals surface area contributed by atoms with Gasteiger partial charge in [-0.15, -0.1) is 0 Å². The molecule has 0 radical (unpaired) electrons. The Morgan fingerprint density at radius 3 is 0.500 bits per heavy atom. The Labute approximate surface area is 148 Å². The molecule has 24 heavy (non-hydrogen) atoms. The number of benzene rings is 1. The second-order valence-electron chi connectivity index (χ2n) is 5.48. The molecule has 0 heteroatoms. The van der Waals surface area contributed by atoms with E-state index in [2.05, 4.69) is 114 Å². The van der Waals surface area contributed by atoms with Gasteiger partial charge >= 0.3 is 0 Å². The lowest BCUT2D eigenvalue weighted by atomic mass is 9.85. The lowest BCUT2D eigenvalue weighted by molar-refractivity contribution is 1.46. The summed E-state index contributed by atoms with van der Waals surface area (Å²) in [6.45, 7) is 12.4. The van der Waals surface area contributed by atoms with Crippen LogP contribution >= 0.6 is 0 Å². The first-order valence-electron chi connectivity index (χ1n) is 8.70. The summed E-state index contributed by atoms with van der Waals surface area (Å²) >= 11 is 0. The summed E-state index contributed by atoms with van der Waals surface area (Å²) < 4.78 is 0. The fourth-order valence-electron chi connectivity index (χ4n) is 2.95. The Balaban J connectivity index is 4.20. The van der Waals surface area contributed by atoms with Gasteiger partial charge in [0.25, 0.3) is 0 Å². The van der Waals surface area contributed by atoms with Gasteiger partial charge in [-0.3, -0.25) is 0 Å². The molecule has 0 nitrogen and oxygen atoms in total. The van der Waals surface area contributed by atoms with Gasteiger partial charge in [0.1, 0.15) is 0 Å². The van der Waals surface area contributed by atoms with Crippen LogP contribution in [-0.2, 0) is 0 Å². The summed E-state index contributed by atoms with van der Waals surface area (Å²) in [5.74, 6) is 0. The van der Waals surface area contributed by atoms with E-state index in [4.69, 9.17) is 0 Å². The molecule has 0 aliphatic rings. The molecule has 1 aromatic carbocycles. The summed E-state index contributed by atoms with van der Waals surface area (Å²) in [6.07, 6.45) is 26.0. The Bertz CT molecular complexity index is 534. The molecule has 0 aromatic heterocycles. The van der Waals surface area contributed by atoms with Crippen LogP contribution in [0.1, 0.15) is 74.9 Å². The Morgan fingerprint density at radius 1 is 0.292 bits per heavy atom. The van der Waals surface area contributed by atoms with Crippen LogP contribution in [0.2, 0.25) is 0 Å². The van der Waals surface area contributed by atoms with Gasteiger partial charge in [-0.05, 0) is 74.9 Å². The highest BCUT2D eigenvalue weighted by Crippen LogP contribution is 2.34. The lowest BCUT2D eigenvalue weighted by Crippen LogP contribution is -2.00. The summed E-state index contributed by atoms with van der Waals surface area (Å²) in [5.41, 5.74) is 7.60. The zero-order chi connectivity index (χ0) is 17.9. The SMILES string of the molecule is C/C=C\c1c(/C=C\C)c(/C=C\C)c(/C=C\C)c(/C=C\C)c1/C=C\C. The molecule has 0 unspecified atom stereocenters. The Morgan fingerprint density at radius 2 is 0.417 bits per heavy atom. The van der Waals surface area contributed by atoms with Crippen molar-refractivity contribution in [2.75, 3.05) is 0 Å². The number of rotatable bonds is 6. The van der Waals surface area contributed by atoms with E-state index < -0.39 is 0 Å². The summed E-state index contributed by atoms with van der Waals surface area (Å²) in [6, 6.07) is 0. The molecular formula is C24H30. The minimum Gasteiger partial charge on any atom is -0.0870 e. The molecule has 0 saturated heterocycles. The second-order valence-corrected chi connectivity index (χ2v) is 5.48. The van der Waals surface area contributed by atoms with Gasteiger partial charge in [0.05, 0.1) is 0 Å². The molecule has 0 heterocycles. The third kappa shape index (κ3) is 4.35. The van der Waals surface area contributed by atoms with E-state index >= 15 is 0 Å². The minimum atomic E-state index is 1.27. The van der Waals surface area contributed by atoms with Crippen LogP contribution in [0.25, 0.3) is 36.5 Å². The third-order valence-electron chi connectivity index (χ3n) is 3.74. The highest BCUT2D eigenvalue weighted by atomic mass is 14.2. The second kappa shape index (κ2) is 10.4. The average molecular weight is 319 g/mol. The van der Waals surface area contributed by atoms with E-state index in [1.165, 1.54) is 33.4 Å². The maximum atomic E-state index is 2.21. The number of hydrogen-bond donors (Lipinski definition) is 0. The van der Waals surface area contributed by atoms with Crippen molar-refractivity contribution in [3.05, 3.63) is 69.8 Å². The molecule has 0 atom stereocenters. The topological polar surface area (TPSA) is 0 Å². The van der Waals surface area contributed by atoms with Crippen LogP contribution in [0.3, 0.4) is 0 Å². The normalized spacial score (nSPS) is 13.2. The molecule has 0 spiro atoms. The van der Waals surface area contributed by atoms with Crippen LogP contribution in [0.15, 0.2) is 36.5 Å². The zero-order valence-electron chi connectivity index (χ0n) is 15.9. The largest absolute Gasteiger partial charge is 0.0870 e. The third-order valence-corrected chi connectivity index (χ3v) is 3.74. The maximum Gasteiger partial charge on any atom is -0.0102 e. The van der Waals surface area contributed by atoms with Crippen LogP contribution in [0.5, 0.6) is 0 Å². The fourth-order valence-corrected chi connectivity index (χ4v) is 2.95. The average Bonchev–Trinajstić information content (AvgIpc) is 2.57. The van der Waals surface area contributed by atoms with Crippen molar-refractivity contribution in [3.63, 3.8) is 0 Å². The highest BCUT2D eigenvalue weighted by Gasteiger charge is 2.16. The molecule has 1 aromatic rings. The first-order valence-corrected chi connectivity index (χ1v) is 8.70. The summed E-state index contributed by atoms with van der Waals surface area (Å²) in [4.78, 5) is 0. The van der Waals surface area contributed by atoms with Crippen LogP contribution < -0.4 is 0 Å². The molecule has 0 aliphatic heterocycles. The van der Waals surface area contributed by atoms with Gasteiger partial charge in [-0.2, -0.15) is 0 Å². The van der Waals surface area contributed by atoms with E-state index in [1.54, 1.807) is 0 Å². The molecule has 0 aliphatic carbocycles. The molecule has 1 rings (SSSR count). The van der Waals surface area contributed by atoms with Crippen molar-refractivity contribution in [2.45, 2.75) is 41.5 Å². The molecule has 0 saturated carbocycles. The molecular weight excluding hydrogens is 288 g/mol. The summed E-state index contributed by atoms with van der Waals surface area (Å²) in [7, 11) is 0. The molecule has 0 amide bonds. The minimum absolute atomic E-state index is 1.27. The quantitative estimate of drug-likeness (QED) is 0.500. The monoisotopic (exact) mass is 318 g/mol. The molecule has 0 N–H and O–H groups in total. The van der Waals surface area contributed by atoms with E-state index in [0.29, 0.717) is 0 Å². The van der Waals surface area contributed by atoms with Gasteiger partial charge in [0, 0.05) is 0 Å². The van der Waals surface area contributed by atoms with Crippen molar-refractivity contribution in [2.24, 2.45) is 0 Å². The molecule has 126 valence electrons. The van der Waals surface area contributed by atoms with Gasteiger partial charge in [0.15, 0.2) is 0 Å². The number of allylic oxidation sites excluding steroid dienone is 6. The predicted molar refractivity (Wildman–Crippen MR) is 115 cm³/mol.